The van der Waals surface area contributed by atoms with Gasteiger partial charge in [0, 0.05) is 20.5 Å². The second kappa shape index (κ2) is 22.3. The van der Waals surface area contributed by atoms with Crippen molar-refractivity contribution in [3.8, 4) is 0 Å². The molecular formula is C42H61ClN16O8S2Si2. The Balaban J connectivity index is 0.000000218. The van der Waals surface area contributed by atoms with Gasteiger partial charge in [-0.15, -0.1) is 0 Å². The summed E-state index contributed by atoms with van der Waals surface area (Å²) < 4.78 is 50.5. The lowest BCUT2D eigenvalue weighted by atomic mass is 10.1. The van der Waals surface area contributed by atoms with Gasteiger partial charge in [-0.25, -0.2) is 33.3 Å². The molecule has 2 unspecified atom stereocenters. The molecule has 2 aliphatic heterocycles. The van der Waals surface area contributed by atoms with E-state index >= 15 is 0 Å². The highest BCUT2D eigenvalue weighted by Gasteiger charge is 2.52. The van der Waals surface area contributed by atoms with Gasteiger partial charge in [-0.2, -0.15) is 0 Å². The minimum absolute atomic E-state index is 0.0385. The molecule has 7 rings (SSSR count). The van der Waals surface area contributed by atoms with E-state index in [0.717, 1.165) is 5.56 Å². The van der Waals surface area contributed by atoms with Crippen molar-refractivity contribution in [1.29, 1.82) is 0 Å². The van der Waals surface area contributed by atoms with Crippen LogP contribution in [0, 0.1) is 20.8 Å². The van der Waals surface area contributed by atoms with E-state index in [-0.39, 0.29) is 50.2 Å². The first-order valence-corrected chi connectivity index (χ1v) is 30.9. The fourth-order valence-electron chi connectivity index (χ4n) is 7.12. The van der Waals surface area contributed by atoms with Crippen LogP contribution in [-0.4, -0.2) is 119 Å². The minimum atomic E-state index is -3.55. The van der Waals surface area contributed by atoms with Crippen LogP contribution >= 0.6 is 22.9 Å². The second-order valence-corrected chi connectivity index (χ2v) is 32.4. The highest BCUT2D eigenvalue weighted by atomic mass is 35.7. The van der Waals surface area contributed by atoms with Crippen molar-refractivity contribution in [3.05, 3.63) is 95.7 Å². The van der Waals surface area contributed by atoms with Crippen molar-refractivity contribution >= 4 is 76.1 Å². The molecule has 24 nitrogen and oxygen atoms in total. The number of aromatic nitrogens is 8. The van der Waals surface area contributed by atoms with Gasteiger partial charge in [0.15, 0.2) is 51.4 Å². The lowest BCUT2D eigenvalue weighted by molar-refractivity contribution is -0.0285. The molecule has 2 saturated heterocycles. The molecule has 0 amide bonds. The predicted molar refractivity (Wildman–Crippen MR) is 277 cm³/mol. The van der Waals surface area contributed by atoms with Gasteiger partial charge in [0.1, 0.15) is 29.9 Å². The van der Waals surface area contributed by atoms with Crippen molar-refractivity contribution in [1.82, 2.24) is 39.0 Å². The van der Waals surface area contributed by atoms with Crippen LogP contribution in [0.1, 0.15) is 71.2 Å². The number of nitrogens with zero attached hydrogens (tertiary/aromatic N) is 13. The molecule has 2 fully saturated rings. The van der Waals surface area contributed by atoms with Gasteiger partial charge >= 0.3 is 0 Å². The van der Waals surface area contributed by atoms with Gasteiger partial charge in [-0.1, -0.05) is 69.5 Å². The number of H-pyrrole nitrogens is 2. The average Bonchev–Trinajstić information content (AvgIpc) is 4.03. The van der Waals surface area contributed by atoms with Crippen LogP contribution in [0.25, 0.3) is 43.2 Å². The molecule has 384 valence electrons. The van der Waals surface area contributed by atoms with Crippen molar-refractivity contribution in [2.24, 2.45) is 21.0 Å². The van der Waals surface area contributed by atoms with E-state index in [1.807, 2.05) is 6.92 Å². The number of aryl methyl sites for hydroxylation is 3. The molecule has 29 heteroatoms. The highest BCUT2D eigenvalue weighted by molar-refractivity contribution is 8.13. The number of aliphatic imine (C=N–C) groups is 1. The number of rotatable bonds is 12. The van der Waals surface area contributed by atoms with Crippen LogP contribution in [0.4, 0.5) is 0 Å². The number of isothiocyanates is 1. The van der Waals surface area contributed by atoms with E-state index in [2.05, 4.69) is 128 Å². The molecule has 2 aliphatic rings. The van der Waals surface area contributed by atoms with Gasteiger partial charge in [0.25, 0.3) is 20.2 Å². The number of ether oxygens (including phenoxy) is 2. The standard InChI is InChI=1S/C18H26N8O3SSi.C17H28N8O3Si.C7H7ClO2S/c1-10-23-15-13(16(27)24-10)20-8-26(15)17-14(29-31(5,6)18(2,3)4)12(21-9-30)11(28-17)7-22-25-19;1-9-22-14-12(15(26)23-9)20-8-25(14)16-13(28-29(5,6)17(2,3)4)11(18)10(27-16)7-21-24-19;1-6-2-4-7(5-3-6)11(8,9)10/h8,11-12,14,17H,7H2,1-6H3,(H,23,24,27);8,10-11,13,16H,7,18H2,1-6H3,(H,22,23,26);2-5H,1H3/t11-,12?,14+,17-;10-,11?,13+,16-;/m11./s1. The largest absolute Gasteiger partial charge is 0.408 e. The lowest BCUT2D eigenvalue weighted by Gasteiger charge is -2.40. The predicted octanol–water partition coefficient (Wildman–Crippen LogP) is 7.77. The first-order valence-electron chi connectivity index (χ1n) is 22.4. The van der Waals surface area contributed by atoms with E-state index in [0.29, 0.717) is 22.9 Å². The van der Waals surface area contributed by atoms with Gasteiger partial charge in [-0.05, 0) is 92.4 Å². The van der Waals surface area contributed by atoms with Gasteiger partial charge in [0.2, 0.25) is 0 Å². The first-order chi connectivity index (χ1) is 33.0. The van der Waals surface area contributed by atoms with Crippen molar-refractivity contribution in [2.45, 2.75) is 152 Å². The normalized spacial score (nSPS) is 22.6. The summed E-state index contributed by atoms with van der Waals surface area (Å²) in [5.74, 6) is 0.928. The first kappa shape index (κ1) is 56.7. The smallest absolute Gasteiger partial charge is 0.279 e. The Morgan fingerprint density at radius 2 is 1.23 bits per heavy atom. The van der Waals surface area contributed by atoms with Gasteiger partial charge < -0.3 is 34.0 Å². The molecule has 0 spiro atoms. The number of imidazole rings is 2. The third-order valence-corrected chi connectivity index (χ3v) is 23.4. The van der Waals surface area contributed by atoms with E-state index < -0.39 is 74.6 Å². The monoisotopic (exact) mass is 1070 g/mol. The van der Waals surface area contributed by atoms with Crippen molar-refractivity contribution in [3.63, 3.8) is 0 Å². The molecule has 8 atom stereocenters. The zero-order valence-electron chi connectivity index (χ0n) is 41.8. The fraction of sp³-hybridized carbons (Fsp3) is 0.595. The van der Waals surface area contributed by atoms with E-state index in [1.54, 1.807) is 35.1 Å². The summed E-state index contributed by atoms with van der Waals surface area (Å²) >= 11 is 4.87. The van der Waals surface area contributed by atoms with Crippen LogP contribution in [0.3, 0.4) is 0 Å². The maximum absolute atomic E-state index is 12.3. The Morgan fingerprint density at radius 1 is 0.803 bits per heavy atom. The number of azide groups is 2. The molecule has 71 heavy (non-hydrogen) atoms. The van der Waals surface area contributed by atoms with Crippen LogP contribution in [-0.2, 0) is 27.4 Å². The Hall–Kier alpha value is -5.19. The fourth-order valence-corrected chi connectivity index (χ4v) is 10.6. The Bertz CT molecular complexity index is 3100. The number of nitrogens with two attached hydrogens (primary N) is 1. The summed E-state index contributed by atoms with van der Waals surface area (Å²) in [5.41, 5.74) is 25.5. The topological polar surface area (TPSA) is 334 Å². The van der Waals surface area contributed by atoms with Crippen LogP contribution in [0.2, 0.25) is 36.3 Å². The maximum Gasteiger partial charge on any atom is 0.279 e. The van der Waals surface area contributed by atoms with Crippen LogP contribution < -0.4 is 16.9 Å². The number of nitrogens with one attached hydrogen (secondary N) is 2. The van der Waals surface area contributed by atoms with Crippen molar-refractivity contribution < 1.29 is 26.7 Å². The molecule has 5 aromatic rings. The number of benzene rings is 1. The summed E-state index contributed by atoms with van der Waals surface area (Å²) in [6.45, 7) is 26.8. The molecule has 4 aromatic heterocycles. The van der Waals surface area contributed by atoms with E-state index in [1.165, 1.54) is 24.8 Å². The Morgan fingerprint density at radius 3 is 1.65 bits per heavy atom. The Kier molecular flexibility index (Phi) is 17.8. The van der Waals surface area contributed by atoms with Crippen LogP contribution in [0.15, 0.2) is 66.6 Å². The van der Waals surface area contributed by atoms with Gasteiger partial charge in [-0.3, -0.25) is 18.7 Å². The van der Waals surface area contributed by atoms with E-state index in [4.69, 9.17) is 58.0 Å². The third-order valence-electron chi connectivity index (χ3n) is 13.0. The molecule has 0 aliphatic carbocycles. The maximum atomic E-state index is 12.3. The molecule has 0 bridgehead atoms. The summed E-state index contributed by atoms with van der Waals surface area (Å²) in [4.78, 5) is 57.2. The summed E-state index contributed by atoms with van der Waals surface area (Å²) in [6.07, 6.45) is -0.476. The van der Waals surface area contributed by atoms with Crippen molar-refractivity contribution in [2.75, 3.05) is 13.1 Å². The number of hydrogen-bond acceptors (Lipinski definition) is 17. The Labute approximate surface area is 422 Å². The third kappa shape index (κ3) is 13.1. The quantitative estimate of drug-likeness (QED) is 0.0204. The summed E-state index contributed by atoms with van der Waals surface area (Å²) in [7, 11) is -2.94. The van der Waals surface area contributed by atoms with Gasteiger partial charge in [0.05, 0.1) is 54.1 Å². The van der Waals surface area contributed by atoms with E-state index in [9.17, 15) is 18.0 Å². The summed E-state index contributed by atoms with van der Waals surface area (Å²) in [6, 6.07) is 5.32. The number of fused-ring (bicyclic) bond motifs is 2. The number of thiocarbonyl (C=S) groups is 1. The zero-order chi connectivity index (χ0) is 53.0. The number of halogens is 1. The highest BCUT2D eigenvalue weighted by Crippen LogP contribution is 2.44. The second-order valence-electron chi connectivity index (χ2n) is 20.1. The number of aromatic amines is 2. The summed E-state index contributed by atoms with van der Waals surface area (Å²) in [5, 5.41) is 9.61. The molecule has 0 saturated carbocycles. The molecule has 0 radical (unpaired) electrons. The SMILES string of the molecule is Cc1ccc(S(=O)(=O)Cl)cc1.Cc1nc2c(ncn2[C@@H]2O[C@H](CN=[N+]=[N-])C(N)[C@@H]2O[Si](C)(C)C(C)(C)C)c(=O)[nH]1.Cc1nc2c(ncn2[C@@H]2O[C@H](CN=[N+]=[N-])C(N=C=S)[C@@H]2O[Si](C)(C)C(C)(C)C)c(=O)[nH]1. The number of hydrogen-bond donors (Lipinski definition) is 3. The van der Waals surface area contributed by atoms with Crippen LogP contribution in [0.5, 0.6) is 0 Å². The molecule has 6 heterocycles. The minimum Gasteiger partial charge on any atom is -0.408 e. The molecular weight excluding hydrogens is 1010 g/mol. The molecule has 4 N–H and O–H groups in total. The average molecular weight is 1070 g/mol. The zero-order valence-corrected chi connectivity index (χ0v) is 46.2. The molecule has 1 aromatic carbocycles. The lowest BCUT2D eigenvalue weighted by Crippen LogP contribution is -2.51.